The summed E-state index contributed by atoms with van der Waals surface area (Å²) in [5.41, 5.74) is 2.36. The van der Waals surface area contributed by atoms with E-state index in [-0.39, 0.29) is 11.5 Å². The fraction of sp³-hybridized carbons (Fsp3) is 0.500. The molecule has 0 atom stereocenters. The molecule has 1 aromatic carbocycles. The lowest BCUT2D eigenvalue weighted by Gasteiger charge is -2.30. The molecule has 0 bridgehead atoms. The average molecular weight is 233 g/mol. The van der Waals surface area contributed by atoms with Gasteiger partial charge in [-0.05, 0) is 50.8 Å². The second-order valence-electron chi connectivity index (χ2n) is 4.78. The number of piperidine rings is 1. The zero-order valence-corrected chi connectivity index (χ0v) is 10.5. The van der Waals surface area contributed by atoms with Gasteiger partial charge in [0.25, 0.3) is 0 Å². The van der Waals surface area contributed by atoms with Gasteiger partial charge in [-0.1, -0.05) is 0 Å². The van der Waals surface area contributed by atoms with Crippen LogP contribution in [0.2, 0.25) is 0 Å². The fourth-order valence-corrected chi connectivity index (χ4v) is 2.49. The topological polar surface area (TPSA) is 40.5 Å². The Hall–Kier alpha value is -1.51. The Morgan fingerprint density at radius 2 is 1.88 bits per heavy atom. The summed E-state index contributed by atoms with van der Waals surface area (Å²) in [6.45, 7) is 5.40. The SMILES string of the molecule is CC(=O)c1c(O)cc(C)cc1N1CCCCC1. The van der Waals surface area contributed by atoms with Crippen LogP contribution in [-0.2, 0) is 0 Å². The highest BCUT2D eigenvalue weighted by atomic mass is 16.3. The molecule has 1 saturated heterocycles. The van der Waals surface area contributed by atoms with Crippen molar-refractivity contribution in [1.82, 2.24) is 0 Å². The van der Waals surface area contributed by atoms with Gasteiger partial charge in [0.05, 0.1) is 11.3 Å². The number of benzene rings is 1. The van der Waals surface area contributed by atoms with Crippen molar-refractivity contribution in [2.45, 2.75) is 33.1 Å². The minimum Gasteiger partial charge on any atom is -0.507 e. The van der Waals surface area contributed by atoms with Gasteiger partial charge in [0.15, 0.2) is 5.78 Å². The first kappa shape index (κ1) is 12.0. The Morgan fingerprint density at radius 3 is 2.47 bits per heavy atom. The van der Waals surface area contributed by atoms with Crippen LogP contribution in [0.3, 0.4) is 0 Å². The van der Waals surface area contributed by atoms with Gasteiger partial charge in [0, 0.05) is 13.1 Å². The fourth-order valence-electron chi connectivity index (χ4n) is 2.49. The van der Waals surface area contributed by atoms with Gasteiger partial charge in [-0.15, -0.1) is 0 Å². The third kappa shape index (κ3) is 2.43. The summed E-state index contributed by atoms with van der Waals surface area (Å²) in [6, 6.07) is 3.66. The zero-order valence-electron chi connectivity index (χ0n) is 10.5. The number of aryl methyl sites for hydroxylation is 1. The summed E-state index contributed by atoms with van der Waals surface area (Å²) in [5.74, 6) is 0.0427. The van der Waals surface area contributed by atoms with Crippen molar-refractivity contribution >= 4 is 11.5 Å². The van der Waals surface area contributed by atoms with Gasteiger partial charge in [0.2, 0.25) is 0 Å². The highest BCUT2D eigenvalue weighted by Gasteiger charge is 2.20. The molecule has 1 aliphatic rings. The molecule has 1 aliphatic heterocycles. The van der Waals surface area contributed by atoms with Crippen LogP contribution in [-0.4, -0.2) is 24.0 Å². The van der Waals surface area contributed by atoms with Crippen molar-refractivity contribution in [1.29, 1.82) is 0 Å². The summed E-state index contributed by atoms with van der Waals surface area (Å²) >= 11 is 0. The third-order valence-corrected chi connectivity index (χ3v) is 3.29. The smallest absolute Gasteiger partial charge is 0.165 e. The molecule has 0 radical (unpaired) electrons. The molecule has 1 aromatic rings. The van der Waals surface area contributed by atoms with Crippen LogP contribution in [0.15, 0.2) is 12.1 Å². The molecule has 0 unspecified atom stereocenters. The zero-order chi connectivity index (χ0) is 12.4. The van der Waals surface area contributed by atoms with E-state index in [0.29, 0.717) is 5.56 Å². The number of phenols is 1. The maximum Gasteiger partial charge on any atom is 0.165 e. The van der Waals surface area contributed by atoms with Gasteiger partial charge in [-0.2, -0.15) is 0 Å². The minimum atomic E-state index is -0.0666. The molecule has 92 valence electrons. The van der Waals surface area contributed by atoms with E-state index >= 15 is 0 Å². The number of anilines is 1. The van der Waals surface area contributed by atoms with Crippen LogP contribution < -0.4 is 4.90 Å². The van der Waals surface area contributed by atoms with Crippen LogP contribution in [0.25, 0.3) is 0 Å². The standard InChI is InChI=1S/C14H19NO2/c1-10-8-12(15-6-4-3-5-7-15)14(11(2)16)13(17)9-10/h8-9,17H,3-7H2,1-2H3. The Morgan fingerprint density at radius 1 is 1.24 bits per heavy atom. The lowest BCUT2D eigenvalue weighted by Crippen LogP contribution is -2.30. The second kappa shape index (κ2) is 4.78. The largest absolute Gasteiger partial charge is 0.507 e. The Balaban J connectivity index is 2.46. The summed E-state index contributed by atoms with van der Waals surface area (Å²) < 4.78 is 0. The molecular formula is C14H19NO2. The number of carbonyl (C=O) groups is 1. The molecule has 17 heavy (non-hydrogen) atoms. The van der Waals surface area contributed by atoms with E-state index in [2.05, 4.69) is 4.90 Å². The van der Waals surface area contributed by atoms with Gasteiger partial charge >= 0.3 is 0 Å². The van der Waals surface area contributed by atoms with Crippen molar-refractivity contribution < 1.29 is 9.90 Å². The summed E-state index contributed by atoms with van der Waals surface area (Å²) in [6.07, 6.45) is 3.57. The number of Topliss-reactive ketones (excluding diaryl/α,β-unsaturated/α-hetero) is 1. The number of rotatable bonds is 2. The van der Waals surface area contributed by atoms with E-state index in [4.69, 9.17) is 0 Å². The van der Waals surface area contributed by atoms with E-state index in [1.165, 1.54) is 13.3 Å². The summed E-state index contributed by atoms with van der Waals surface area (Å²) in [7, 11) is 0. The van der Waals surface area contributed by atoms with Crippen molar-refractivity contribution in [3.8, 4) is 5.75 Å². The number of ketones is 1. The molecule has 0 spiro atoms. The maximum atomic E-state index is 11.7. The second-order valence-corrected chi connectivity index (χ2v) is 4.78. The first-order valence-electron chi connectivity index (χ1n) is 6.19. The predicted molar refractivity (Wildman–Crippen MR) is 68.9 cm³/mol. The van der Waals surface area contributed by atoms with Crippen molar-refractivity contribution in [3.63, 3.8) is 0 Å². The average Bonchev–Trinajstić information content (AvgIpc) is 2.28. The molecule has 0 saturated carbocycles. The van der Waals surface area contributed by atoms with E-state index in [1.807, 2.05) is 13.0 Å². The quantitative estimate of drug-likeness (QED) is 0.798. The first-order chi connectivity index (χ1) is 8.09. The monoisotopic (exact) mass is 233 g/mol. The molecule has 2 rings (SSSR count). The van der Waals surface area contributed by atoms with Crippen molar-refractivity contribution in [2.24, 2.45) is 0 Å². The molecule has 1 fully saturated rings. The van der Waals surface area contributed by atoms with Crippen LogP contribution >= 0.6 is 0 Å². The summed E-state index contributed by atoms with van der Waals surface area (Å²) in [5, 5.41) is 9.93. The lowest BCUT2D eigenvalue weighted by atomic mass is 10.0. The number of carbonyl (C=O) groups excluding carboxylic acids is 1. The van der Waals surface area contributed by atoms with Gasteiger partial charge in [-0.25, -0.2) is 0 Å². The Labute approximate surface area is 102 Å². The summed E-state index contributed by atoms with van der Waals surface area (Å²) in [4.78, 5) is 13.9. The maximum absolute atomic E-state index is 11.7. The normalized spacial score (nSPS) is 16.0. The molecule has 1 N–H and O–H groups in total. The van der Waals surface area contributed by atoms with Crippen LogP contribution in [0.1, 0.15) is 42.1 Å². The van der Waals surface area contributed by atoms with Crippen molar-refractivity contribution in [2.75, 3.05) is 18.0 Å². The van der Waals surface area contributed by atoms with Gasteiger partial charge < -0.3 is 10.0 Å². The molecule has 0 amide bonds. The molecule has 0 aromatic heterocycles. The highest BCUT2D eigenvalue weighted by molar-refractivity contribution is 6.02. The number of nitrogens with zero attached hydrogens (tertiary/aromatic N) is 1. The van der Waals surface area contributed by atoms with E-state index in [0.717, 1.165) is 37.2 Å². The van der Waals surface area contributed by atoms with Gasteiger partial charge in [-0.3, -0.25) is 4.79 Å². The molecular weight excluding hydrogens is 214 g/mol. The van der Waals surface area contributed by atoms with Crippen LogP contribution in [0.4, 0.5) is 5.69 Å². The minimum absolute atomic E-state index is 0.0666. The Bertz CT molecular complexity index is 434. The molecule has 0 aliphatic carbocycles. The van der Waals surface area contributed by atoms with Crippen LogP contribution in [0, 0.1) is 6.92 Å². The highest BCUT2D eigenvalue weighted by Crippen LogP contribution is 2.32. The number of hydrogen-bond donors (Lipinski definition) is 1. The number of hydrogen-bond acceptors (Lipinski definition) is 3. The predicted octanol–water partition coefficient (Wildman–Crippen LogP) is 2.89. The molecule has 1 heterocycles. The van der Waals surface area contributed by atoms with E-state index < -0.39 is 0 Å². The van der Waals surface area contributed by atoms with Crippen molar-refractivity contribution in [3.05, 3.63) is 23.3 Å². The third-order valence-electron chi connectivity index (χ3n) is 3.29. The molecule has 3 nitrogen and oxygen atoms in total. The van der Waals surface area contributed by atoms with E-state index in [1.54, 1.807) is 6.07 Å². The number of aromatic hydroxyl groups is 1. The lowest BCUT2D eigenvalue weighted by molar-refractivity contribution is 0.101. The number of phenolic OH excluding ortho intramolecular Hbond substituents is 1. The molecule has 3 heteroatoms. The first-order valence-corrected chi connectivity index (χ1v) is 6.19. The van der Waals surface area contributed by atoms with Gasteiger partial charge in [0.1, 0.15) is 5.75 Å². The Kier molecular flexibility index (Phi) is 3.36. The van der Waals surface area contributed by atoms with Crippen LogP contribution in [0.5, 0.6) is 5.75 Å². The van der Waals surface area contributed by atoms with E-state index in [9.17, 15) is 9.90 Å².